The third-order valence-corrected chi connectivity index (χ3v) is 2.43. The summed E-state index contributed by atoms with van der Waals surface area (Å²) in [6, 6.07) is 0. The quantitative estimate of drug-likeness (QED) is 0.594. The average Bonchev–Trinajstić information content (AvgIpc) is 2.28. The van der Waals surface area contributed by atoms with Crippen molar-refractivity contribution in [1.29, 1.82) is 0 Å². The highest BCUT2D eigenvalue weighted by molar-refractivity contribution is 5.88. The van der Waals surface area contributed by atoms with Crippen LogP contribution in [0.15, 0.2) is 0 Å². The fourth-order valence-electron chi connectivity index (χ4n) is 1.45. The molecular weight excluding hydrogens is 224 g/mol. The minimum Gasteiger partial charge on any atom is -0.467 e. The van der Waals surface area contributed by atoms with Crippen LogP contribution in [0, 0.1) is 5.92 Å². The second-order valence-corrected chi connectivity index (χ2v) is 4.20. The molecule has 0 saturated heterocycles. The Balaban J connectivity index is 4.64. The Morgan fingerprint density at radius 1 is 1.35 bits per heavy atom. The molecule has 2 N–H and O–H groups in total. The molecule has 0 saturated carbocycles. The number of ether oxygens (including phenoxy) is 2. The van der Waals surface area contributed by atoms with Crippen LogP contribution in [0.25, 0.3) is 0 Å². The maximum absolute atomic E-state index is 11.8. The number of carbonyl (C=O) groups excluding carboxylic acids is 2. The molecule has 0 rings (SSSR count). The molecule has 0 fully saturated rings. The van der Waals surface area contributed by atoms with Crippen molar-refractivity contribution in [3.8, 4) is 0 Å². The molecule has 0 bridgehead atoms. The lowest BCUT2D eigenvalue weighted by Crippen LogP contribution is -2.57. The zero-order valence-electron chi connectivity index (χ0n) is 11.1. The number of methoxy groups -OCH3 is 2. The molecule has 0 aliphatic carbocycles. The smallest absolute Gasteiger partial charge is 0.333 e. The topological polar surface area (TPSA) is 76.7 Å². The molecule has 0 aromatic rings. The van der Waals surface area contributed by atoms with Crippen molar-refractivity contribution < 1.29 is 19.1 Å². The summed E-state index contributed by atoms with van der Waals surface area (Å²) in [5.41, 5.74) is -1.15. The van der Waals surface area contributed by atoms with Crippen molar-refractivity contribution >= 4 is 11.9 Å². The van der Waals surface area contributed by atoms with Gasteiger partial charge in [0.15, 0.2) is 5.54 Å². The maximum atomic E-state index is 11.8. The summed E-state index contributed by atoms with van der Waals surface area (Å²) in [6.07, 6.45) is 0. The van der Waals surface area contributed by atoms with Crippen LogP contribution < -0.4 is 10.6 Å². The fraction of sp³-hybridized carbons (Fsp3) is 0.818. The van der Waals surface area contributed by atoms with Gasteiger partial charge in [-0.1, -0.05) is 6.92 Å². The fourth-order valence-corrected chi connectivity index (χ4v) is 1.45. The SMILES string of the molecule is CNCC(C)C(=O)NC(C)(COC)C(=O)OC. The Hall–Kier alpha value is -1.14. The molecule has 0 radical (unpaired) electrons. The highest BCUT2D eigenvalue weighted by atomic mass is 16.5. The first-order chi connectivity index (χ1) is 7.91. The van der Waals surface area contributed by atoms with Crippen LogP contribution in [0.1, 0.15) is 13.8 Å². The van der Waals surface area contributed by atoms with Crippen LogP contribution in [0.4, 0.5) is 0 Å². The molecule has 0 aromatic heterocycles. The first-order valence-corrected chi connectivity index (χ1v) is 5.45. The summed E-state index contributed by atoms with van der Waals surface area (Å²) >= 11 is 0. The molecule has 6 nitrogen and oxygen atoms in total. The van der Waals surface area contributed by atoms with Crippen LogP contribution in [0.5, 0.6) is 0 Å². The van der Waals surface area contributed by atoms with Crippen molar-refractivity contribution in [2.75, 3.05) is 34.4 Å². The molecule has 2 unspecified atom stereocenters. The van der Waals surface area contributed by atoms with Crippen molar-refractivity contribution in [2.45, 2.75) is 19.4 Å². The average molecular weight is 246 g/mol. The van der Waals surface area contributed by atoms with Gasteiger partial charge in [-0.3, -0.25) is 4.79 Å². The van der Waals surface area contributed by atoms with Gasteiger partial charge in [-0.15, -0.1) is 0 Å². The van der Waals surface area contributed by atoms with E-state index in [9.17, 15) is 9.59 Å². The Bertz CT molecular complexity index is 270. The van der Waals surface area contributed by atoms with E-state index in [2.05, 4.69) is 15.4 Å². The standard InChI is InChI=1S/C11H22N2O4/c1-8(6-12-3)9(14)13-11(2,7-16-4)10(15)17-5/h8,12H,6-7H2,1-5H3,(H,13,14). The van der Waals surface area contributed by atoms with E-state index in [0.29, 0.717) is 6.54 Å². The highest BCUT2D eigenvalue weighted by Crippen LogP contribution is 2.08. The van der Waals surface area contributed by atoms with Gasteiger partial charge in [-0.2, -0.15) is 0 Å². The van der Waals surface area contributed by atoms with E-state index in [4.69, 9.17) is 4.74 Å². The van der Waals surface area contributed by atoms with Crippen molar-refractivity contribution in [1.82, 2.24) is 10.6 Å². The van der Waals surface area contributed by atoms with Crippen LogP contribution >= 0.6 is 0 Å². The second kappa shape index (κ2) is 7.24. The molecular formula is C11H22N2O4. The van der Waals surface area contributed by atoms with Gasteiger partial charge in [0.25, 0.3) is 0 Å². The lowest BCUT2D eigenvalue weighted by molar-refractivity contribution is -0.153. The second-order valence-electron chi connectivity index (χ2n) is 4.20. The lowest BCUT2D eigenvalue weighted by Gasteiger charge is -2.28. The summed E-state index contributed by atoms with van der Waals surface area (Å²) in [7, 11) is 4.50. The first-order valence-electron chi connectivity index (χ1n) is 5.45. The number of amides is 1. The zero-order valence-corrected chi connectivity index (χ0v) is 11.1. The van der Waals surface area contributed by atoms with Crippen LogP contribution in [-0.4, -0.2) is 51.8 Å². The summed E-state index contributed by atoms with van der Waals surface area (Å²) < 4.78 is 9.60. The molecule has 100 valence electrons. The highest BCUT2D eigenvalue weighted by Gasteiger charge is 2.37. The Labute approximate surface area is 102 Å². The van der Waals surface area contributed by atoms with Crippen molar-refractivity contribution in [3.63, 3.8) is 0 Å². The predicted octanol–water partition coefficient (Wildman–Crippen LogP) is -0.464. The third kappa shape index (κ3) is 4.70. The van der Waals surface area contributed by atoms with E-state index < -0.39 is 11.5 Å². The van der Waals surface area contributed by atoms with Crippen molar-refractivity contribution in [3.05, 3.63) is 0 Å². The third-order valence-electron chi connectivity index (χ3n) is 2.43. The monoisotopic (exact) mass is 246 g/mol. The number of hydrogen-bond acceptors (Lipinski definition) is 5. The van der Waals surface area contributed by atoms with Gasteiger partial charge < -0.3 is 20.1 Å². The summed E-state index contributed by atoms with van der Waals surface area (Å²) in [5, 5.41) is 5.55. The van der Waals surface area contributed by atoms with Gasteiger partial charge in [0, 0.05) is 19.6 Å². The van der Waals surface area contributed by atoms with Gasteiger partial charge in [0.2, 0.25) is 5.91 Å². The van der Waals surface area contributed by atoms with E-state index in [0.717, 1.165) is 0 Å². The molecule has 2 atom stereocenters. The molecule has 0 aromatic carbocycles. The number of rotatable bonds is 7. The summed E-state index contributed by atoms with van der Waals surface area (Å²) in [6.45, 7) is 3.95. The maximum Gasteiger partial charge on any atom is 0.333 e. The number of carbonyl (C=O) groups is 2. The minimum atomic E-state index is -1.15. The molecule has 0 aliphatic rings. The van der Waals surface area contributed by atoms with Crippen LogP contribution in [0.2, 0.25) is 0 Å². The number of esters is 1. The van der Waals surface area contributed by atoms with Gasteiger partial charge in [0.1, 0.15) is 0 Å². The normalized spacial score (nSPS) is 15.8. The van der Waals surface area contributed by atoms with E-state index in [1.54, 1.807) is 20.9 Å². The van der Waals surface area contributed by atoms with Crippen LogP contribution in [-0.2, 0) is 19.1 Å². The number of nitrogens with one attached hydrogen (secondary N) is 2. The Morgan fingerprint density at radius 2 is 1.94 bits per heavy atom. The van der Waals surface area contributed by atoms with E-state index in [1.807, 2.05) is 0 Å². The molecule has 6 heteroatoms. The minimum absolute atomic E-state index is 0.0671. The zero-order chi connectivity index (χ0) is 13.5. The van der Waals surface area contributed by atoms with Gasteiger partial charge in [0.05, 0.1) is 13.7 Å². The van der Waals surface area contributed by atoms with E-state index in [-0.39, 0.29) is 18.4 Å². The lowest BCUT2D eigenvalue weighted by atomic mass is 10.0. The molecule has 0 heterocycles. The predicted molar refractivity (Wildman–Crippen MR) is 63.5 cm³/mol. The van der Waals surface area contributed by atoms with Gasteiger partial charge in [-0.05, 0) is 14.0 Å². The first kappa shape index (κ1) is 15.9. The Kier molecular flexibility index (Phi) is 6.75. The van der Waals surface area contributed by atoms with Crippen LogP contribution in [0.3, 0.4) is 0 Å². The van der Waals surface area contributed by atoms with E-state index >= 15 is 0 Å². The largest absolute Gasteiger partial charge is 0.467 e. The van der Waals surface area contributed by atoms with E-state index in [1.165, 1.54) is 14.2 Å². The molecule has 1 amide bonds. The Morgan fingerprint density at radius 3 is 2.35 bits per heavy atom. The molecule has 17 heavy (non-hydrogen) atoms. The summed E-state index contributed by atoms with van der Waals surface area (Å²) in [5.74, 6) is -0.977. The number of hydrogen-bond donors (Lipinski definition) is 2. The molecule has 0 spiro atoms. The summed E-state index contributed by atoms with van der Waals surface area (Å²) in [4.78, 5) is 23.4. The van der Waals surface area contributed by atoms with Crippen molar-refractivity contribution in [2.24, 2.45) is 5.92 Å². The van der Waals surface area contributed by atoms with Gasteiger partial charge >= 0.3 is 5.97 Å². The van der Waals surface area contributed by atoms with Gasteiger partial charge in [-0.25, -0.2) is 4.79 Å². The molecule has 0 aliphatic heterocycles.